The average Bonchev–Trinajstić information content (AvgIpc) is 2.80. The van der Waals surface area contributed by atoms with Crippen LogP contribution in [-0.4, -0.2) is 9.13 Å². The number of nitrogens with zero attached hydrogens (tertiary/aromatic N) is 2. The quantitative estimate of drug-likeness (QED) is 0.397. The van der Waals surface area contributed by atoms with E-state index < -0.39 is 0 Å². The zero-order chi connectivity index (χ0) is 20.2. The lowest BCUT2D eigenvalue weighted by atomic mass is 9.99. The number of benzene rings is 4. The number of rotatable bonds is 2. The van der Waals surface area contributed by atoms with Gasteiger partial charge in [0.05, 0.1) is 21.8 Å². The Labute approximate surface area is 171 Å². The summed E-state index contributed by atoms with van der Waals surface area (Å²) in [6.45, 7) is 0. The standard InChI is InChI=1S/C26H16N2O2/c29-25-19-13-8-16-22-24(19)23-20(26(30)28(22)18-11-5-2-6-12-18)14-7-15-21(23)27(25)17-9-3-1-4-10-17/h1-16H. The highest BCUT2D eigenvalue weighted by atomic mass is 16.1. The van der Waals surface area contributed by atoms with E-state index in [1.54, 1.807) is 9.13 Å². The maximum absolute atomic E-state index is 13.6. The van der Waals surface area contributed by atoms with Crippen molar-refractivity contribution in [1.29, 1.82) is 0 Å². The molecule has 2 aromatic heterocycles. The molecule has 0 bridgehead atoms. The molecule has 4 aromatic carbocycles. The summed E-state index contributed by atoms with van der Waals surface area (Å²) in [5.74, 6) is 0. The minimum absolute atomic E-state index is 0.0925. The van der Waals surface area contributed by atoms with E-state index in [4.69, 9.17) is 0 Å². The third-order valence-corrected chi connectivity index (χ3v) is 5.71. The van der Waals surface area contributed by atoms with Crippen molar-refractivity contribution in [2.24, 2.45) is 0 Å². The minimum Gasteiger partial charge on any atom is -0.276 e. The van der Waals surface area contributed by atoms with Crippen LogP contribution >= 0.6 is 0 Å². The highest BCUT2D eigenvalue weighted by molar-refractivity contribution is 6.21. The summed E-state index contributed by atoms with van der Waals surface area (Å²) in [6.07, 6.45) is 0. The lowest BCUT2D eigenvalue weighted by Gasteiger charge is -2.19. The lowest BCUT2D eigenvalue weighted by molar-refractivity contribution is 1.04. The molecular formula is C26H16N2O2. The van der Waals surface area contributed by atoms with Gasteiger partial charge in [0.2, 0.25) is 0 Å². The first-order valence-corrected chi connectivity index (χ1v) is 9.81. The van der Waals surface area contributed by atoms with Gasteiger partial charge in [0.15, 0.2) is 0 Å². The van der Waals surface area contributed by atoms with Gasteiger partial charge in [-0.2, -0.15) is 0 Å². The normalized spacial score (nSPS) is 11.6. The van der Waals surface area contributed by atoms with E-state index >= 15 is 0 Å². The van der Waals surface area contributed by atoms with Crippen LogP contribution in [0.2, 0.25) is 0 Å². The largest absolute Gasteiger partial charge is 0.276 e. The topological polar surface area (TPSA) is 44.0 Å². The van der Waals surface area contributed by atoms with Crippen molar-refractivity contribution in [3.63, 3.8) is 0 Å². The van der Waals surface area contributed by atoms with Crippen LogP contribution < -0.4 is 11.1 Å². The van der Waals surface area contributed by atoms with Crippen molar-refractivity contribution in [1.82, 2.24) is 9.13 Å². The first-order valence-electron chi connectivity index (χ1n) is 9.81. The van der Waals surface area contributed by atoms with Gasteiger partial charge in [-0.3, -0.25) is 18.7 Å². The number of hydrogen-bond donors (Lipinski definition) is 0. The molecule has 0 unspecified atom stereocenters. The fourth-order valence-corrected chi connectivity index (χ4v) is 4.46. The molecule has 2 heterocycles. The molecule has 0 spiro atoms. The molecular weight excluding hydrogens is 372 g/mol. The molecule has 30 heavy (non-hydrogen) atoms. The molecule has 142 valence electrons. The predicted octanol–water partition coefficient (Wildman–Crippen LogP) is 4.89. The molecule has 0 fully saturated rings. The van der Waals surface area contributed by atoms with Gasteiger partial charge in [0, 0.05) is 22.1 Å². The second kappa shape index (κ2) is 6.16. The van der Waals surface area contributed by atoms with Crippen LogP contribution in [0.5, 0.6) is 0 Å². The second-order valence-corrected chi connectivity index (χ2v) is 7.35. The van der Waals surface area contributed by atoms with Gasteiger partial charge in [0.1, 0.15) is 0 Å². The van der Waals surface area contributed by atoms with Crippen molar-refractivity contribution in [3.8, 4) is 11.4 Å². The number of hydrogen-bond acceptors (Lipinski definition) is 2. The smallest absolute Gasteiger partial charge is 0.263 e. The molecule has 0 aliphatic rings. The molecule has 0 amide bonds. The molecule has 0 saturated heterocycles. The Balaban J connectivity index is 1.92. The van der Waals surface area contributed by atoms with E-state index in [-0.39, 0.29) is 11.1 Å². The molecule has 6 aromatic rings. The third kappa shape index (κ3) is 2.16. The molecule has 0 aliphatic carbocycles. The summed E-state index contributed by atoms with van der Waals surface area (Å²) in [5.41, 5.74) is 2.86. The van der Waals surface area contributed by atoms with E-state index in [2.05, 4.69) is 0 Å². The Hall–Kier alpha value is -4.18. The van der Waals surface area contributed by atoms with Gasteiger partial charge in [-0.25, -0.2) is 0 Å². The van der Waals surface area contributed by atoms with Crippen molar-refractivity contribution in [2.45, 2.75) is 0 Å². The van der Waals surface area contributed by atoms with Gasteiger partial charge in [0.25, 0.3) is 11.1 Å². The SMILES string of the molecule is O=c1c2cccc3c2c2c(cccc2n1-c1ccccc1)c(=O)n3-c1ccccc1. The van der Waals surface area contributed by atoms with Gasteiger partial charge in [-0.15, -0.1) is 0 Å². The predicted molar refractivity (Wildman–Crippen MR) is 121 cm³/mol. The van der Waals surface area contributed by atoms with E-state index in [1.807, 2.05) is 97.1 Å². The van der Waals surface area contributed by atoms with Crippen LogP contribution in [0.25, 0.3) is 44.0 Å². The Morgan fingerprint density at radius 3 is 1.23 bits per heavy atom. The van der Waals surface area contributed by atoms with Crippen molar-refractivity contribution in [3.05, 3.63) is 118 Å². The summed E-state index contributed by atoms with van der Waals surface area (Å²) in [4.78, 5) is 27.2. The molecule has 4 heteroatoms. The zero-order valence-electron chi connectivity index (χ0n) is 15.9. The van der Waals surface area contributed by atoms with Crippen LogP contribution in [0.15, 0.2) is 107 Å². The number of pyridine rings is 2. The van der Waals surface area contributed by atoms with E-state index in [9.17, 15) is 9.59 Å². The number of aromatic nitrogens is 2. The van der Waals surface area contributed by atoms with Crippen LogP contribution in [0.3, 0.4) is 0 Å². The highest BCUT2D eigenvalue weighted by Crippen LogP contribution is 2.32. The van der Waals surface area contributed by atoms with Crippen molar-refractivity contribution < 1.29 is 0 Å². The van der Waals surface area contributed by atoms with E-state index in [1.165, 1.54) is 0 Å². The zero-order valence-corrected chi connectivity index (χ0v) is 15.9. The van der Waals surface area contributed by atoms with Crippen LogP contribution in [-0.2, 0) is 0 Å². The third-order valence-electron chi connectivity index (χ3n) is 5.71. The van der Waals surface area contributed by atoms with Gasteiger partial charge in [-0.1, -0.05) is 48.5 Å². The van der Waals surface area contributed by atoms with Crippen LogP contribution in [0.1, 0.15) is 0 Å². The molecule has 0 radical (unpaired) electrons. The summed E-state index contributed by atoms with van der Waals surface area (Å²) in [6, 6.07) is 30.3. The summed E-state index contributed by atoms with van der Waals surface area (Å²) in [5, 5.41) is 2.85. The Kier molecular flexibility index (Phi) is 3.44. The average molecular weight is 388 g/mol. The van der Waals surface area contributed by atoms with Gasteiger partial charge in [-0.05, 0) is 48.5 Å². The first-order chi connectivity index (χ1) is 14.8. The van der Waals surface area contributed by atoms with Gasteiger partial charge >= 0.3 is 0 Å². The fraction of sp³-hybridized carbons (Fsp3) is 0. The Morgan fingerprint density at radius 1 is 0.433 bits per heavy atom. The molecule has 0 atom stereocenters. The Bertz CT molecular complexity index is 1540. The first kappa shape index (κ1) is 16.7. The maximum Gasteiger partial charge on any atom is 0.263 e. The van der Waals surface area contributed by atoms with Crippen molar-refractivity contribution in [2.75, 3.05) is 0 Å². The van der Waals surface area contributed by atoms with E-state index in [0.717, 1.165) is 33.2 Å². The highest BCUT2D eigenvalue weighted by Gasteiger charge is 2.20. The molecule has 6 rings (SSSR count). The van der Waals surface area contributed by atoms with Crippen LogP contribution in [0.4, 0.5) is 0 Å². The Morgan fingerprint density at radius 2 is 0.833 bits per heavy atom. The maximum atomic E-state index is 13.6. The monoisotopic (exact) mass is 388 g/mol. The minimum atomic E-state index is -0.0925. The molecule has 0 aliphatic heterocycles. The molecule has 0 N–H and O–H groups in total. The summed E-state index contributed by atoms with van der Waals surface area (Å²) in [7, 11) is 0. The second-order valence-electron chi connectivity index (χ2n) is 7.35. The summed E-state index contributed by atoms with van der Waals surface area (Å²) < 4.78 is 3.41. The van der Waals surface area contributed by atoms with Crippen LogP contribution in [0, 0.1) is 0 Å². The molecule has 0 saturated carbocycles. The number of para-hydroxylation sites is 2. The van der Waals surface area contributed by atoms with Crippen molar-refractivity contribution >= 4 is 32.6 Å². The van der Waals surface area contributed by atoms with Gasteiger partial charge < -0.3 is 0 Å². The molecule has 4 nitrogen and oxygen atoms in total. The van der Waals surface area contributed by atoms with E-state index in [0.29, 0.717) is 10.8 Å². The fourth-order valence-electron chi connectivity index (χ4n) is 4.46. The summed E-state index contributed by atoms with van der Waals surface area (Å²) >= 11 is 0. The lowest BCUT2D eigenvalue weighted by Crippen LogP contribution is -2.24.